The molecule has 0 saturated carbocycles. The van der Waals surface area contributed by atoms with Gasteiger partial charge in [-0.25, -0.2) is 4.79 Å². The lowest BCUT2D eigenvalue weighted by Crippen LogP contribution is -2.13. The van der Waals surface area contributed by atoms with Gasteiger partial charge in [-0.2, -0.15) is 0 Å². The second-order valence-corrected chi connectivity index (χ2v) is 4.27. The average Bonchev–Trinajstić information content (AvgIpc) is 2.45. The first-order chi connectivity index (χ1) is 10.1. The fourth-order valence-corrected chi connectivity index (χ4v) is 1.73. The molecule has 0 aromatic carbocycles. The lowest BCUT2D eigenvalue weighted by Gasteiger charge is -2.07. The van der Waals surface area contributed by atoms with Crippen LogP contribution < -0.4 is 5.32 Å². The SMILES string of the molecule is Cc1cc(NC(=O)c2ccncc2C=CC(=O)O)ccn1. The first-order valence-electron chi connectivity index (χ1n) is 6.15. The molecule has 6 nitrogen and oxygen atoms in total. The van der Waals surface area contributed by atoms with Crippen molar-refractivity contribution >= 4 is 23.6 Å². The molecule has 0 fully saturated rings. The van der Waals surface area contributed by atoms with E-state index in [-0.39, 0.29) is 5.91 Å². The maximum Gasteiger partial charge on any atom is 0.328 e. The van der Waals surface area contributed by atoms with E-state index in [0.29, 0.717) is 16.8 Å². The van der Waals surface area contributed by atoms with E-state index in [0.717, 1.165) is 11.8 Å². The minimum absolute atomic E-state index is 0.340. The summed E-state index contributed by atoms with van der Waals surface area (Å²) in [6.07, 6.45) is 6.81. The molecule has 0 spiro atoms. The molecule has 106 valence electrons. The van der Waals surface area contributed by atoms with Crippen LogP contribution in [0.5, 0.6) is 0 Å². The Morgan fingerprint density at radius 2 is 2.10 bits per heavy atom. The van der Waals surface area contributed by atoms with Crippen molar-refractivity contribution in [3.05, 3.63) is 59.7 Å². The minimum atomic E-state index is -1.09. The van der Waals surface area contributed by atoms with E-state index in [2.05, 4.69) is 15.3 Å². The Hall–Kier alpha value is -3.02. The van der Waals surface area contributed by atoms with Crippen molar-refractivity contribution in [1.82, 2.24) is 9.97 Å². The highest BCUT2D eigenvalue weighted by Crippen LogP contribution is 2.13. The first-order valence-corrected chi connectivity index (χ1v) is 6.15. The molecule has 21 heavy (non-hydrogen) atoms. The number of aliphatic carboxylic acids is 1. The normalized spacial score (nSPS) is 10.5. The van der Waals surface area contributed by atoms with Crippen LogP contribution in [0.25, 0.3) is 6.08 Å². The van der Waals surface area contributed by atoms with E-state index in [1.165, 1.54) is 24.5 Å². The lowest BCUT2D eigenvalue weighted by molar-refractivity contribution is -0.131. The van der Waals surface area contributed by atoms with Crippen LogP contribution in [0.1, 0.15) is 21.6 Å². The summed E-state index contributed by atoms with van der Waals surface area (Å²) in [6.45, 7) is 1.82. The van der Waals surface area contributed by atoms with Gasteiger partial charge in [0.25, 0.3) is 5.91 Å². The number of pyridine rings is 2. The van der Waals surface area contributed by atoms with E-state index in [1.54, 1.807) is 18.3 Å². The molecule has 0 saturated heterocycles. The molecular formula is C15H13N3O3. The highest BCUT2D eigenvalue weighted by Gasteiger charge is 2.10. The molecule has 2 aromatic rings. The third kappa shape index (κ3) is 3.97. The summed E-state index contributed by atoms with van der Waals surface area (Å²) in [5.41, 5.74) is 2.19. The number of hydrogen-bond acceptors (Lipinski definition) is 4. The van der Waals surface area contributed by atoms with Crippen molar-refractivity contribution in [3.63, 3.8) is 0 Å². The third-order valence-corrected chi connectivity index (χ3v) is 2.66. The fourth-order valence-electron chi connectivity index (χ4n) is 1.73. The summed E-state index contributed by atoms with van der Waals surface area (Å²) in [5.74, 6) is -1.43. The predicted octanol–water partition coefficient (Wildman–Crippen LogP) is 2.14. The number of nitrogens with one attached hydrogen (secondary N) is 1. The van der Waals surface area contributed by atoms with Crippen LogP contribution in [-0.2, 0) is 4.79 Å². The molecular weight excluding hydrogens is 270 g/mol. The summed E-state index contributed by atoms with van der Waals surface area (Å²) in [6, 6.07) is 4.95. The van der Waals surface area contributed by atoms with Crippen LogP contribution in [0.15, 0.2) is 42.9 Å². The molecule has 2 aromatic heterocycles. The van der Waals surface area contributed by atoms with Crippen LogP contribution >= 0.6 is 0 Å². The number of amides is 1. The Bertz CT molecular complexity index is 711. The zero-order valence-corrected chi connectivity index (χ0v) is 11.3. The van der Waals surface area contributed by atoms with Crippen LogP contribution in [-0.4, -0.2) is 27.0 Å². The highest BCUT2D eigenvalue weighted by molar-refractivity contribution is 6.06. The van der Waals surface area contributed by atoms with Gasteiger partial charge in [-0.15, -0.1) is 0 Å². The third-order valence-electron chi connectivity index (χ3n) is 2.66. The van der Waals surface area contributed by atoms with Crippen LogP contribution in [0, 0.1) is 6.92 Å². The van der Waals surface area contributed by atoms with Gasteiger partial charge in [0, 0.05) is 47.2 Å². The average molecular weight is 283 g/mol. The summed E-state index contributed by atoms with van der Waals surface area (Å²) in [4.78, 5) is 30.8. The molecule has 0 radical (unpaired) electrons. The van der Waals surface area contributed by atoms with Crippen molar-refractivity contribution in [2.45, 2.75) is 6.92 Å². The smallest absolute Gasteiger partial charge is 0.328 e. The minimum Gasteiger partial charge on any atom is -0.478 e. The monoisotopic (exact) mass is 283 g/mol. The number of nitrogens with zero attached hydrogens (tertiary/aromatic N) is 2. The fraction of sp³-hybridized carbons (Fsp3) is 0.0667. The maximum atomic E-state index is 12.3. The number of carbonyl (C=O) groups excluding carboxylic acids is 1. The standard InChI is InChI=1S/C15H13N3O3/c1-10-8-12(4-7-17-10)18-15(21)13-5-6-16-9-11(13)2-3-14(19)20/h2-9H,1H3,(H,19,20)(H,17,18,21). The number of carboxylic acids is 1. The molecule has 0 aliphatic rings. The summed E-state index contributed by atoms with van der Waals surface area (Å²) >= 11 is 0. The number of carbonyl (C=O) groups is 2. The second kappa shape index (κ2) is 6.42. The van der Waals surface area contributed by atoms with Crippen LogP contribution in [0.2, 0.25) is 0 Å². The van der Waals surface area contributed by atoms with E-state index in [1.807, 2.05) is 6.92 Å². The van der Waals surface area contributed by atoms with E-state index in [4.69, 9.17) is 5.11 Å². The van der Waals surface area contributed by atoms with E-state index >= 15 is 0 Å². The van der Waals surface area contributed by atoms with E-state index in [9.17, 15) is 9.59 Å². The maximum absolute atomic E-state index is 12.3. The Morgan fingerprint density at radius 1 is 1.29 bits per heavy atom. The topological polar surface area (TPSA) is 92.2 Å². The van der Waals surface area contributed by atoms with Crippen molar-refractivity contribution in [2.75, 3.05) is 5.32 Å². The quantitative estimate of drug-likeness (QED) is 0.839. The molecule has 6 heteroatoms. The van der Waals surface area contributed by atoms with Gasteiger partial charge >= 0.3 is 5.97 Å². The van der Waals surface area contributed by atoms with Gasteiger partial charge in [-0.1, -0.05) is 0 Å². The van der Waals surface area contributed by atoms with Crippen molar-refractivity contribution in [3.8, 4) is 0 Å². The molecule has 2 heterocycles. The van der Waals surface area contributed by atoms with Crippen molar-refractivity contribution in [1.29, 1.82) is 0 Å². The molecule has 0 aliphatic carbocycles. The highest BCUT2D eigenvalue weighted by atomic mass is 16.4. The largest absolute Gasteiger partial charge is 0.478 e. The number of carboxylic acid groups (broad SMARTS) is 1. The van der Waals surface area contributed by atoms with Gasteiger partial charge in [-0.05, 0) is 31.2 Å². The second-order valence-electron chi connectivity index (χ2n) is 4.27. The number of anilines is 1. The van der Waals surface area contributed by atoms with Crippen molar-refractivity contribution < 1.29 is 14.7 Å². The molecule has 0 unspecified atom stereocenters. The van der Waals surface area contributed by atoms with Crippen molar-refractivity contribution in [2.24, 2.45) is 0 Å². The predicted molar refractivity (Wildman–Crippen MR) is 77.8 cm³/mol. The molecule has 0 atom stereocenters. The molecule has 2 rings (SSSR count). The van der Waals surface area contributed by atoms with Gasteiger partial charge in [0.2, 0.25) is 0 Å². The zero-order valence-electron chi connectivity index (χ0n) is 11.3. The Morgan fingerprint density at radius 3 is 2.81 bits per heavy atom. The number of aryl methyl sites for hydroxylation is 1. The zero-order chi connectivity index (χ0) is 15.2. The summed E-state index contributed by atoms with van der Waals surface area (Å²) in [7, 11) is 0. The lowest BCUT2D eigenvalue weighted by atomic mass is 10.1. The van der Waals surface area contributed by atoms with Gasteiger partial charge in [0.05, 0.1) is 0 Å². The molecule has 0 bridgehead atoms. The Balaban J connectivity index is 2.25. The Labute approximate surface area is 121 Å². The number of aromatic nitrogens is 2. The molecule has 2 N–H and O–H groups in total. The first kappa shape index (κ1) is 14.4. The van der Waals surface area contributed by atoms with Crippen LogP contribution in [0.4, 0.5) is 5.69 Å². The van der Waals surface area contributed by atoms with Crippen LogP contribution in [0.3, 0.4) is 0 Å². The summed E-state index contributed by atoms with van der Waals surface area (Å²) < 4.78 is 0. The van der Waals surface area contributed by atoms with Gasteiger partial charge in [-0.3, -0.25) is 14.8 Å². The van der Waals surface area contributed by atoms with E-state index < -0.39 is 5.97 Å². The molecule has 0 aliphatic heterocycles. The van der Waals surface area contributed by atoms with Gasteiger partial charge < -0.3 is 10.4 Å². The van der Waals surface area contributed by atoms with Gasteiger partial charge in [0.15, 0.2) is 0 Å². The molecule has 1 amide bonds. The number of rotatable bonds is 4. The van der Waals surface area contributed by atoms with Gasteiger partial charge in [0.1, 0.15) is 0 Å². The number of hydrogen-bond donors (Lipinski definition) is 2. The summed E-state index contributed by atoms with van der Waals surface area (Å²) in [5, 5.41) is 11.4. The Kier molecular flexibility index (Phi) is 4.40.